The highest BCUT2D eigenvalue weighted by molar-refractivity contribution is 7.99. The van der Waals surface area contributed by atoms with Crippen LogP contribution in [0.3, 0.4) is 0 Å². The van der Waals surface area contributed by atoms with Crippen molar-refractivity contribution in [2.75, 3.05) is 12.8 Å². The molecular weight excluding hydrogens is 280 g/mol. The highest BCUT2D eigenvalue weighted by atomic mass is 32.2. The zero-order chi connectivity index (χ0) is 15.5. The average Bonchev–Trinajstić information content (AvgIpc) is 2.85. The Bertz CT molecular complexity index is 569. The Kier molecular flexibility index (Phi) is 5.06. The first-order valence-electron chi connectivity index (χ1n) is 7.16. The minimum atomic E-state index is 0.195. The summed E-state index contributed by atoms with van der Waals surface area (Å²) in [7, 11) is 3.97. The van der Waals surface area contributed by atoms with Gasteiger partial charge in [0.2, 0.25) is 0 Å². The Balaban J connectivity index is 2.05. The molecule has 1 aromatic heterocycles. The maximum absolute atomic E-state index is 4.11. The van der Waals surface area contributed by atoms with Crippen LogP contribution in [0, 0.1) is 0 Å². The van der Waals surface area contributed by atoms with Crippen molar-refractivity contribution in [1.82, 2.24) is 20.1 Å². The van der Waals surface area contributed by atoms with Gasteiger partial charge in [0.1, 0.15) is 6.33 Å². The Morgan fingerprint density at radius 2 is 1.90 bits per heavy atom. The number of thioether (sulfide) groups is 1. The monoisotopic (exact) mass is 304 g/mol. The molecule has 2 rings (SSSR count). The maximum Gasteiger partial charge on any atom is 0.190 e. The van der Waals surface area contributed by atoms with Gasteiger partial charge in [0.05, 0.1) is 0 Å². The number of hydrogen-bond donors (Lipinski definition) is 1. The minimum absolute atomic E-state index is 0.195. The summed E-state index contributed by atoms with van der Waals surface area (Å²) in [5, 5.41) is 12.3. The lowest BCUT2D eigenvalue weighted by Crippen LogP contribution is -2.19. The van der Waals surface area contributed by atoms with Crippen LogP contribution in [0.2, 0.25) is 0 Å². The summed E-state index contributed by atoms with van der Waals surface area (Å²) in [5.41, 5.74) is 2.86. The standard InChI is InChI=1S/C16H24N4S/c1-16(2,3)13-8-6-12(7-9-13)14(17-4)10-21-15-19-18-11-20(15)5/h6-9,11,14,17H,10H2,1-5H3. The molecule has 2 aromatic rings. The molecule has 1 unspecified atom stereocenters. The summed E-state index contributed by atoms with van der Waals surface area (Å²) in [5.74, 6) is 0.928. The van der Waals surface area contributed by atoms with E-state index in [-0.39, 0.29) is 5.41 Å². The van der Waals surface area contributed by atoms with Gasteiger partial charge in [-0.25, -0.2) is 0 Å². The van der Waals surface area contributed by atoms with Crippen molar-refractivity contribution in [1.29, 1.82) is 0 Å². The van der Waals surface area contributed by atoms with Crippen LogP contribution in [0.15, 0.2) is 35.7 Å². The topological polar surface area (TPSA) is 42.7 Å². The second-order valence-electron chi connectivity index (χ2n) is 6.25. The molecule has 1 aromatic carbocycles. The number of nitrogens with one attached hydrogen (secondary N) is 1. The molecule has 0 aliphatic rings. The van der Waals surface area contributed by atoms with Gasteiger partial charge in [-0.2, -0.15) is 0 Å². The summed E-state index contributed by atoms with van der Waals surface area (Å²) in [6, 6.07) is 9.21. The lowest BCUT2D eigenvalue weighted by molar-refractivity contribution is 0.588. The molecule has 1 atom stereocenters. The van der Waals surface area contributed by atoms with Gasteiger partial charge in [-0.3, -0.25) is 0 Å². The van der Waals surface area contributed by atoms with E-state index in [0.717, 1.165) is 10.9 Å². The molecule has 1 heterocycles. The molecule has 0 fully saturated rings. The van der Waals surface area contributed by atoms with Crippen LogP contribution in [-0.2, 0) is 12.5 Å². The molecule has 5 heteroatoms. The number of hydrogen-bond acceptors (Lipinski definition) is 4. The Labute approximate surface area is 131 Å². The second kappa shape index (κ2) is 6.62. The third-order valence-electron chi connectivity index (χ3n) is 3.58. The first kappa shape index (κ1) is 16.0. The quantitative estimate of drug-likeness (QED) is 0.862. The molecule has 21 heavy (non-hydrogen) atoms. The minimum Gasteiger partial charge on any atom is -0.312 e. The van der Waals surface area contributed by atoms with Gasteiger partial charge >= 0.3 is 0 Å². The molecule has 0 spiro atoms. The van der Waals surface area contributed by atoms with Crippen molar-refractivity contribution in [3.05, 3.63) is 41.7 Å². The van der Waals surface area contributed by atoms with Gasteiger partial charge in [0.25, 0.3) is 0 Å². The predicted octanol–water partition coefficient (Wildman–Crippen LogP) is 3.17. The van der Waals surface area contributed by atoms with E-state index in [9.17, 15) is 0 Å². The summed E-state index contributed by atoms with van der Waals surface area (Å²) in [6.45, 7) is 6.71. The van der Waals surface area contributed by atoms with Gasteiger partial charge in [0.15, 0.2) is 5.16 Å². The zero-order valence-electron chi connectivity index (χ0n) is 13.4. The third kappa shape index (κ3) is 4.08. The van der Waals surface area contributed by atoms with E-state index in [1.807, 2.05) is 18.7 Å². The largest absolute Gasteiger partial charge is 0.312 e. The summed E-state index contributed by atoms with van der Waals surface area (Å²) in [4.78, 5) is 0. The van der Waals surface area contributed by atoms with Crippen LogP contribution in [0.5, 0.6) is 0 Å². The van der Waals surface area contributed by atoms with Gasteiger partial charge in [-0.05, 0) is 23.6 Å². The van der Waals surface area contributed by atoms with E-state index < -0.39 is 0 Å². The lowest BCUT2D eigenvalue weighted by atomic mass is 9.86. The molecule has 1 N–H and O–H groups in total. The third-order valence-corrected chi connectivity index (χ3v) is 4.70. The van der Waals surface area contributed by atoms with E-state index in [1.54, 1.807) is 18.1 Å². The Hall–Kier alpha value is -1.33. The Morgan fingerprint density at radius 3 is 2.38 bits per heavy atom. The second-order valence-corrected chi connectivity index (χ2v) is 7.24. The normalized spacial score (nSPS) is 13.4. The summed E-state index contributed by atoms with van der Waals surface area (Å²) < 4.78 is 1.94. The molecule has 0 amide bonds. The molecule has 0 radical (unpaired) electrons. The van der Waals surface area contributed by atoms with Crippen LogP contribution < -0.4 is 5.32 Å². The van der Waals surface area contributed by atoms with E-state index in [4.69, 9.17) is 0 Å². The molecule has 0 bridgehead atoms. The molecular formula is C16H24N4S. The lowest BCUT2D eigenvalue weighted by Gasteiger charge is -2.21. The van der Waals surface area contributed by atoms with Crippen LogP contribution in [0.1, 0.15) is 37.9 Å². The van der Waals surface area contributed by atoms with Crippen LogP contribution in [-0.4, -0.2) is 27.6 Å². The molecule has 114 valence electrons. The van der Waals surface area contributed by atoms with Crippen molar-refractivity contribution in [3.63, 3.8) is 0 Å². The highest BCUT2D eigenvalue weighted by Gasteiger charge is 2.15. The van der Waals surface area contributed by atoms with Crippen LogP contribution in [0.4, 0.5) is 0 Å². The molecule has 0 saturated heterocycles. The van der Waals surface area contributed by atoms with E-state index in [0.29, 0.717) is 6.04 Å². The van der Waals surface area contributed by atoms with Crippen LogP contribution in [0.25, 0.3) is 0 Å². The Morgan fingerprint density at radius 1 is 1.24 bits per heavy atom. The van der Waals surface area contributed by atoms with Crippen molar-refractivity contribution in [2.45, 2.75) is 37.4 Å². The first-order chi connectivity index (χ1) is 9.91. The van der Waals surface area contributed by atoms with Gasteiger partial charge in [-0.1, -0.05) is 56.8 Å². The highest BCUT2D eigenvalue weighted by Crippen LogP contribution is 2.26. The summed E-state index contributed by atoms with van der Waals surface area (Å²) in [6.07, 6.45) is 1.73. The molecule has 0 aliphatic carbocycles. The van der Waals surface area contributed by atoms with Crippen LogP contribution >= 0.6 is 11.8 Å². The first-order valence-corrected chi connectivity index (χ1v) is 8.15. The number of aromatic nitrogens is 3. The molecule has 0 saturated carbocycles. The zero-order valence-corrected chi connectivity index (χ0v) is 14.2. The fourth-order valence-corrected chi connectivity index (χ4v) is 3.15. The fraction of sp³-hybridized carbons (Fsp3) is 0.500. The fourth-order valence-electron chi connectivity index (χ4n) is 2.12. The van der Waals surface area contributed by atoms with Crippen molar-refractivity contribution < 1.29 is 0 Å². The van der Waals surface area contributed by atoms with Gasteiger partial charge < -0.3 is 9.88 Å². The van der Waals surface area contributed by atoms with Crippen molar-refractivity contribution in [3.8, 4) is 0 Å². The smallest absolute Gasteiger partial charge is 0.190 e. The number of nitrogens with zero attached hydrogens (tertiary/aromatic N) is 3. The number of aryl methyl sites for hydroxylation is 1. The van der Waals surface area contributed by atoms with Gasteiger partial charge in [-0.15, -0.1) is 10.2 Å². The SMILES string of the molecule is CNC(CSc1nncn1C)c1ccc(C(C)(C)C)cc1. The maximum atomic E-state index is 4.11. The molecule has 0 aliphatic heterocycles. The van der Waals surface area contributed by atoms with Gasteiger partial charge in [0, 0.05) is 18.8 Å². The van der Waals surface area contributed by atoms with E-state index >= 15 is 0 Å². The van der Waals surface area contributed by atoms with E-state index in [2.05, 4.69) is 60.6 Å². The predicted molar refractivity (Wildman–Crippen MR) is 88.7 cm³/mol. The molecule has 4 nitrogen and oxygen atoms in total. The van der Waals surface area contributed by atoms with E-state index in [1.165, 1.54) is 11.1 Å². The van der Waals surface area contributed by atoms with Crippen molar-refractivity contribution >= 4 is 11.8 Å². The summed E-state index contributed by atoms with van der Waals surface area (Å²) >= 11 is 1.72. The number of rotatable bonds is 5. The van der Waals surface area contributed by atoms with Crippen molar-refractivity contribution in [2.24, 2.45) is 7.05 Å². The number of benzene rings is 1. The average molecular weight is 304 g/mol.